The van der Waals surface area contributed by atoms with Crippen LogP contribution in [0.2, 0.25) is 0 Å². The molecule has 0 atom stereocenters. The van der Waals surface area contributed by atoms with Crippen LogP contribution in [0.3, 0.4) is 0 Å². The summed E-state index contributed by atoms with van der Waals surface area (Å²) in [5.74, 6) is 0. The monoisotopic (exact) mass is 763 g/mol. The van der Waals surface area contributed by atoms with Crippen molar-refractivity contribution in [1.82, 2.24) is 0 Å². The number of rotatable bonds is 2. The molecule has 0 fully saturated rings. The van der Waals surface area contributed by atoms with Crippen LogP contribution in [0.1, 0.15) is 44.5 Å². The average Bonchev–Trinajstić information content (AvgIpc) is 3.25. The van der Waals surface area contributed by atoms with Crippen molar-refractivity contribution in [3.8, 4) is 0 Å². The molecule has 8 rings (SSSR count). The number of benzene rings is 8. The maximum Gasteiger partial charge on any atom is -0.0100 e. The lowest BCUT2D eigenvalue weighted by atomic mass is 10.2. The van der Waals surface area contributed by atoms with E-state index in [9.17, 15) is 0 Å². The molecule has 0 saturated heterocycles. The van der Waals surface area contributed by atoms with Crippen LogP contribution in [0.5, 0.6) is 0 Å². The molecule has 0 aliphatic heterocycles. The van der Waals surface area contributed by atoms with Gasteiger partial charge in [0.2, 0.25) is 0 Å². The van der Waals surface area contributed by atoms with Crippen LogP contribution in [0.15, 0.2) is 255 Å². The molecule has 8 aromatic carbocycles. The van der Waals surface area contributed by atoms with Crippen molar-refractivity contribution in [3.05, 3.63) is 300 Å². The van der Waals surface area contributed by atoms with Gasteiger partial charge in [0.1, 0.15) is 0 Å². The number of hydrogen-bond acceptors (Lipinski definition) is 0. The molecule has 58 heavy (non-hydrogen) atoms. The predicted molar refractivity (Wildman–Crippen MR) is 259 cm³/mol. The van der Waals surface area contributed by atoms with Gasteiger partial charge in [0.25, 0.3) is 0 Å². The first-order chi connectivity index (χ1) is 28.2. The van der Waals surface area contributed by atoms with E-state index in [0.717, 1.165) is 6.42 Å². The van der Waals surface area contributed by atoms with Crippen LogP contribution in [0, 0.1) is 48.5 Å². The summed E-state index contributed by atoms with van der Waals surface area (Å²) < 4.78 is 0. The smallest absolute Gasteiger partial charge is 0.0100 e. The Morgan fingerprint density at radius 2 is 0.379 bits per heavy atom. The van der Waals surface area contributed by atoms with Gasteiger partial charge in [0.05, 0.1) is 0 Å². The molecule has 0 bridgehead atoms. The minimum absolute atomic E-state index is 0.973. The average molecular weight is 763 g/mol. The Hall–Kier alpha value is -6.50. The quantitative estimate of drug-likeness (QED) is 0.154. The fraction of sp³-hybridized carbons (Fsp3) is 0.138. The van der Waals surface area contributed by atoms with Gasteiger partial charge >= 0.3 is 0 Å². The molecule has 0 N–H and O–H groups in total. The Bertz CT molecular complexity index is 1640. The van der Waals surface area contributed by atoms with Crippen molar-refractivity contribution in [3.63, 3.8) is 0 Å². The highest BCUT2D eigenvalue weighted by atomic mass is 13.9. The van der Waals surface area contributed by atoms with Gasteiger partial charge in [-0.15, -0.1) is 6.58 Å². The second-order valence-electron chi connectivity index (χ2n) is 13.6. The van der Waals surface area contributed by atoms with Gasteiger partial charge in [-0.2, -0.15) is 0 Å². The normalized spacial score (nSPS) is 8.74. The van der Waals surface area contributed by atoms with Crippen LogP contribution in [-0.4, -0.2) is 0 Å². The van der Waals surface area contributed by atoms with E-state index in [1.165, 1.54) is 44.5 Å². The summed E-state index contributed by atoms with van der Waals surface area (Å²) in [6, 6.07) is 82.1. The Labute approximate surface area is 353 Å². The van der Waals surface area contributed by atoms with Crippen molar-refractivity contribution in [2.24, 2.45) is 0 Å². The summed E-state index contributed by atoms with van der Waals surface area (Å²) in [6.45, 7) is 18.2. The fourth-order valence-electron chi connectivity index (χ4n) is 4.52. The summed E-state index contributed by atoms with van der Waals surface area (Å²) in [5, 5.41) is 0. The zero-order valence-corrected chi connectivity index (χ0v) is 36.1. The predicted octanol–water partition coefficient (Wildman–Crippen LogP) is 16.4. The van der Waals surface area contributed by atoms with E-state index in [2.05, 4.69) is 152 Å². The van der Waals surface area contributed by atoms with Crippen LogP contribution in [0.25, 0.3) is 0 Å². The molecule has 0 amide bonds. The van der Waals surface area contributed by atoms with Crippen molar-refractivity contribution >= 4 is 0 Å². The topological polar surface area (TPSA) is 0 Å². The van der Waals surface area contributed by atoms with E-state index >= 15 is 0 Å². The third kappa shape index (κ3) is 31.8. The summed E-state index contributed by atoms with van der Waals surface area (Å²) in [5.41, 5.74) is 10.6. The molecule has 298 valence electrons. The minimum atomic E-state index is 0.973. The molecule has 0 heterocycles. The van der Waals surface area contributed by atoms with E-state index < -0.39 is 0 Å². The lowest BCUT2D eigenvalue weighted by Crippen LogP contribution is -1.75. The van der Waals surface area contributed by atoms with Crippen LogP contribution in [-0.2, 0) is 6.42 Å². The van der Waals surface area contributed by atoms with Crippen molar-refractivity contribution in [2.45, 2.75) is 54.9 Å². The second kappa shape index (κ2) is 35.0. The molecule has 0 heteroatoms. The number of hydrogen-bond donors (Lipinski definition) is 0. The van der Waals surface area contributed by atoms with E-state index in [4.69, 9.17) is 0 Å². The van der Waals surface area contributed by atoms with Crippen molar-refractivity contribution in [1.29, 1.82) is 0 Å². The van der Waals surface area contributed by atoms with Gasteiger partial charge in [-0.3, -0.25) is 0 Å². The third-order valence-corrected chi connectivity index (χ3v) is 7.81. The van der Waals surface area contributed by atoms with Crippen LogP contribution >= 0.6 is 0 Å². The molecule has 0 unspecified atom stereocenters. The molecule has 0 nitrogen and oxygen atoms in total. The van der Waals surface area contributed by atoms with E-state index in [1.807, 2.05) is 152 Å². The second-order valence-corrected chi connectivity index (χ2v) is 13.6. The largest absolute Gasteiger partial charge is 0.103 e. The third-order valence-electron chi connectivity index (χ3n) is 7.81. The summed E-state index contributed by atoms with van der Waals surface area (Å²) >= 11 is 0. The molecular weight excluding hydrogens is 697 g/mol. The highest BCUT2D eigenvalue weighted by Crippen LogP contribution is 1.99. The van der Waals surface area contributed by atoms with Gasteiger partial charge in [-0.05, 0) is 60.5 Å². The molecule has 0 radical (unpaired) electrons. The van der Waals surface area contributed by atoms with E-state index in [0.29, 0.717) is 0 Å². The lowest BCUT2D eigenvalue weighted by Gasteiger charge is -1.91. The Kier molecular flexibility index (Phi) is 29.8. The van der Waals surface area contributed by atoms with Gasteiger partial charge in [0, 0.05) is 0 Å². The summed E-state index contributed by atoms with van der Waals surface area (Å²) in [4.78, 5) is 0. The van der Waals surface area contributed by atoms with Crippen molar-refractivity contribution < 1.29 is 0 Å². The maximum absolute atomic E-state index is 3.66. The Morgan fingerprint density at radius 1 is 0.241 bits per heavy atom. The molecule has 8 aromatic rings. The number of aryl methyl sites for hydroxylation is 7. The molecule has 0 aliphatic carbocycles. The molecular formula is C58H66. The van der Waals surface area contributed by atoms with E-state index in [-0.39, 0.29) is 0 Å². The molecule has 0 saturated carbocycles. The standard InChI is InChI=1S/C9H10.7C7H8/c1-2-6-9-7-4-3-5-8-9;7*1-7-5-3-2-4-6-7/h2-5,7-8H,1,6H2;7*2-6H,1H3. The summed E-state index contributed by atoms with van der Waals surface area (Å²) in [7, 11) is 0. The molecule has 0 aromatic heterocycles. The first-order valence-corrected chi connectivity index (χ1v) is 20.0. The first-order valence-electron chi connectivity index (χ1n) is 20.0. The molecule has 0 aliphatic rings. The van der Waals surface area contributed by atoms with Crippen LogP contribution in [0.4, 0.5) is 0 Å². The summed E-state index contributed by atoms with van der Waals surface area (Å²) in [6.07, 6.45) is 2.89. The highest BCUT2D eigenvalue weighted by Gasteiger charge is 1.82. The minimum Gasteiger partial charge on any atom is -0.103 e. The van der Waals surface area contributed by atoms with Gasteiger partial charge in [-0.1, -0.05) is 288 Å². The number of allylic oxidation sites excluding steroid dienone is 1. The fourth-order valence-corrected chi connectivity index (χ4v) is 4.52. The lowest BCUT2D eigenvalue weighted by molar-refractivity contribution is 1.28. The highest BCUT2D eigenvalue weighted by molar-refractivity contribution is 5.18. The van der Waals surface area contributed by atoms with Gasteiger partial charge in [0.15, 0.2) is 0 Å². The Balaban J connectivity index is 0.000000332. The van der Waals surface area contributed by atoms with Crippen LogP contribution < -0.4 is 0 Å². The Morgan fingerprint density at radius 3 is 0.483 bits per heavy atom. The van der Waals surface area contributed by atoms with Gasteiger partial charge < -0.3 is 0 Å². The SMILES string of the molecule is C=CCc1ccccc1.Cc1ccccc1.Cc1ccccc1.Cc1ccccc1.Cc1ccccc1.Cc1ccccc1.Cc1ccccc1.Cc1ccccc1. The first kappa shape index (κ1) is 49.5. The molecule has 0 spiro atoms. The zero-order chi connectivity index (χ0) is 42.3. The zero-order valence-electron chi connectivity index (χ0n) is 36.1. The van der Waals surface area contributed by atoms with Gasteiger partial charge in [-0.25, -0.2) is 0 Å². The maximum atomic E-state index is 3.66. The van der Waals surface area contributed by atoms with E-state index in [1.54, 1.807) is 0 Å². The van der Waals surface area contributed by atoms with Crippen molar-refractivity contribution in [2.75, 3.05) is 0 Å².